The highest BCUT2D eigenvalue weighted by molar-refractivity contribution is 5.66. The van der Waals surface area contributed by atoms with Gasteiger partial charge in [-0.1, -0.05) is 6.42 Å². The first-order valence-corrected chi connectivity index (χ1v) is 6.29. The van der Waals surface area contributed by atoms with Crippen LogP contribution in [0.4, 0.5) is 0 Å². The molecule has 0 unspecified atom stereocenters. The zero-order valence-corrected chi connectivity index (χ0v) is 9.91. The van der Waals surface area contributed by atoms with Crippen LogP contribution in [-0.2, 0) is 9.53 Å². The summed E-state index contributed by atoms with van der Waals surface area (Å²) < 4.78 is 5.48. The van der Waals surface area contributed by atoms with Crippen LogP contribution in [-0.4, -0.2) is 37.4 Å². The van der Waals surface area contributed by atoms with Crippen LogP contribution in [0.1, 0.15) is 38.5 Å². The molecule has 16 heavy (non-hydrogen) atoms. The second kappa shape index (κ2) is 8.53. The number of ether oxygens (including phenoxy) is 1. The van der Waals surface area contributed by atoms with E-state index in [0.717, 1.165) is 51.5 Å². The molecule has 4 heteroatoms. The maximum Gasteiger partial charge on any atom is 0.303 e. The van der Waals surface area contributed by atoms with Gasteiger partial charge in [-0.15, -0.1) is 0 Å². The third kappa shape index (κ3) is 8.68. The van der Waals surface area contributed by atoms with E-state index in [4.69, 9.17) is 9.84 Å². The highest BCUT2D eigenvalue weighted by Gasteiger charge is 2.20. The lowest BCUT2D eigenvalue weighted by atomic mass is 10.2. The zero-order valence-electron chi connectivity index (χ0n) is 9.91. The Hall–Kier alpha value is -0.610. The molecule has 0 saturated heterocycles. The summed E-state index contributed by atoms with van der Waals surface area (Å²) in [5, 5.41) is 11.7. The molecule has 1 aliphatic carbocycles. The molecule has 94 valence electrons. The van der Waals surface area contributed by atoms with Gasteiger partial charge in [0, 0.05) is 19.6 Å². The van der Waals surface area contributed by atoms with E-state index >= 15 is 0 Å². The molecular formula is C12H23NO3. The Morgan fingerprint density at radius 1 is 1.25 bits per heavy atom. The fraction of sp³-hybridized carbons (Fsp3) is 0.917. The zero-order chi connectivity index (χ0) is 11.6. The molecule has 1 fully saturated rings. The van der Waals surface area contributed by atoms with Crippen LogP contribution in [0, 0.1) is 5.92 Å². The first-order chi connectivity index (χ1) is 7.79. The van der Waals surface area contributed by atoms with E-state index in [-0.39, 0.29) is 0 Å². The predicted octanol–water partition coefficient (Wildman–Crippen LogP) is 1.65. The number of unbranched alkanes of at least 4 members (excludes halogenated alkanes) is 2. The number of hydrogen-bond donors (Lipinski definition) is 2. The predicted molar refractivity (Wildman–Crippen MR) is 62.5 cm³/mol. The number of nitrogens with one attached hydrogen (secondary N) is 1. The quantitative estimate of drug-likeness (QED) is 0.529. The summed E-state index contributed by atoms with van der Waals surface area (Å²) in [7, 11) is 0. The molecule has 0 aromatic carbocycles. The van der Waals surface area contributed by atoms with Gasteiger partial charge in [-0.3, -0.25) is 4.79 Å². The van der Waals surface area contributed by atoms with Crippen molar-refractivity contribution in [2.75, 3.05) is 26.3 Å². The summed E-state index contributed by atoms with van der Waals surface area (Å²) in [5.41, 5.74) is 0. The molecule has 0 spiro atoms. The van der Waals surface area contributed by atoms with E-state index in [2.05, 4.69) is 5.32 Å². The van der Waals surface area contributed by atoms with Crippen molar-refractivity contribution in [2.45, 2.75) is 38.5 Å². The van der Waals surface area contributed by atoms with E-state index in [9.17, 15) is 4.79 Å². The summed E-state index contributed by atoms with van der Waals surface area (Å²) in [6.45, 7) is 3.60. The van der Waals surface area contributed by atoms with Gasteiger partial charge in [-0.05, 0) is 38.1 Å². The van der Waals surface area contributed by atoms with Gasteiger partial charge >= 0.3 is 5.97 Å². The lowest BCUT2D eigenvalue weighted by Gasteiger charge is -2.05. The van der Waals surface area contributed by atoms with Gasteiger partial charge in [0.2, 0.25) is 0 Å². The molecule has 0 amide bonds. The molecule has 0 aromatic rings. The van der Waals surface area contributed by atoms with E-state index in [1.807, 2.05) is 0 Å². The SMILES string of the molecule is O=C(O)CCCCCNCCOCC1CC1. The minimum atomic E-state index is -0.693. The molecular weight excluding hydrogens is 206 g/mol. The fourth-order valence-electron chi connectivity index (χ4n) is 1.51. The molecule has 0 heterocycles. The topological polar surface area (TPSA) is 58.6 Å². The van der Waals surface area contributed by atoms with Crippen LogP contribution in [0.15, 0.2) is 0 Å². The molecule has 1 rings (SSSR count). The molecule has 0 radical (unpaired) electrons. The average Bonchev–Trinajstić information content (AvgIpc) is 3.04. The highest BCUT2D eigenvalue weighted by Crippen LogP contribution is 2.28. The van der Waals surface area contributed by atoms with Gasteiger partial charge in [-0.25, -0.2) is 0 Å². The molecule has 4 nitrogen and oxygen atoms in total. The number of hydrogen-bond acceptors (Lipinski definition) is 3. The Labute approximate surface area is 97.4 Å². The summed E-state index contributed by atoms with van der Waals surface area (Å²) in [5.74, 6) is 0.150. The van der Waals surface area contributed by atoms with Crippen molar-refractivity contribution in [3.8, 4) is 0 Å². The van der Waals surface area contributed by atoms with Crippen LogP contribution < -0.4 is 5.32 Å². The van der Waals surface area contributed by atoms with Crippen LogP contribution in [0.3, 0.4) is 0 Å². The number of carboxylic acids is 1. The number of carboxylic acid groups (broad SMARTS) is 1. The van der Waals surface area contributed by atoms with Crippen LogP contribution in [0.25, 0.3) is 0 Å². The molecule has 1 saturated carbocycles. The van der Waals surface area contributed by atoms with Gasteiger partial charge in [0.25, 0.3) is 0 Å². The van der Waals surface area contributed by atoms with E-state index in [1.165, 1.54) is 12.8 Å². The largest absolute Gasteiger partial charge is 0.481 e. The van der Waals surface area contributed by atoms with Gasteiger partial charge in [0.15, 0.2) is 0 Å². The Bertz CT molecular complexity index is 193. The smallest absolute Gasteiger partial charge is 0.303 e. The highest BCUT2D eigenvalue weighted by atomic mass is 16.5. The lowest BCUT2D eigenvalue weighted by molar-refractivity contribution is -0.137. The molecule has 0 aliphatic heterocycles. The van der Waals surface area contributed by atoms with Gasteiger partial charge in [-0.2, -0.15) is 0 Å². The summed E-state index contributed by atoms with van der Waals surface area (Å²) >= 11 is 0. The Kier molecular flexibility index (Phi) is 7.17. The van der Waals surface area contributed by atoms with E-state index in [1.54, 1.807) is 0 Å². The van der Waals surface area contributed by atoms with E-state index in [0.29, 0.717) is 6.42 Å². The van der Waals surface area contributed by atoms with Crippen molar-refractivity contribution in [3.05, 3.63) is 0 Å². The Balaban J connectivity index is 1.66. The van der Waals surface area contributed by atoms with Crippen LogP contribution in [0.2, 0.25) is 0 Å². The van der Waals surface area contributed by atoms with Crippen molar-refractivity contribution >= 4 is 5.97 Å². The van der Waals surface area contributed by atoms with Crippen molar-refractivity contribution in [3.63, 3.8) is 0 Å². The van der Waals surface area contributed by atoms with E-state index < -0.39 is 5.97 Å². The van der Waals surface area contributed by atoms with Crippen molar-refractivity contribution in [1.29, 1.82) is 0 Å². The van der Waals surface area contributed by atoms with Crippen molar-refractivity contribution in [2.24, 2.45) is 5.92 Å². The third-order valence-electron chi connectivity index (χ3n) is 2.72. The molecule has 0 atom stereocenters. The van der Waals surface area contributed by atoms with Crippen molar-refractivity contribution in [1.82, 2.24) is 5.32 Å². The molecule has 2 N–H and O–H groups in total. The first kappa shape index (κ1) is 13.5. The Morgan fingerprint density at radius 2 is 2.06 bits per heavy atom. The number of aliphatic carboxylic acids is 1. The monoisotopic (exact) mass is 229 g/mol. The van der Waals surface area contributed by atoms with Gasteiger partial charge < -0.3 is 15.2 Å². The summed E-state index contributed by atoms with van der Waals surface area (Å²) in [4.78, 5) is 10.2. The summed E-state index contributed by atoms with van der Waals surface area (Å²) in [6.07, 6.45) is 5.81. The normalized spacial score (nSPS) is 15.2. The molecule has 1 aliphatic rings. The number of rotatable bonds is 11. The molecule has 0 aromatic heterocycles. The van der Waals surface area contributed by atoms with Crippen LogP contribution >= 0.6 is 0 Å². The van der Waals surface area contributed by atoms with Gasteiger partial charge in [0.05, 0.1) is 6.61 Å². The van der Waals surface area contributed by atoms with Crippen LogP contribution in [0.5, 0.6) is 0 Å². The molecule has 0 bridgehead atoms. The average molecular weight is 229 g/mol. The maximum atomic E-state index is 10.2. The summed E-state index contributed by atoms with van der Waals surface area (Å²) in [6, 6.07) is 0. The fourth-order valence-corrected chi connectivity index (χ4v) is 1.51. The standard InChI is InChI=1S/C12H23NO3/c14-12(15)4-2-1-3-7-13-8-9-16-10-11-5-6-11/h11,13H,1-10H2,(H,14,15). The minimum Gasteiger partial charge on any atom is -0.481 e. The first-order valence-electron chi connectivity index (χ1n) is 6.29. The van der Waals surface area contributed by atoms with Crippen molar-refractivity contribution < 1.29 is 14.6 Å². The third-order valence-corrected chi connectivity index (χ3v) is 2.72. The maximum absolute atomic E-state index is 10.2. The second-order valence-electron chi connectivity index (χ2n) is 4.47. The number of carbonyl (C=O) groups is 1. The van der Waals surface area contributed by atoms with Gasteiger partial charge in [0.1, 0.15) is 0 Å². The second-order valence-corrected chi connectivity index (χ2v) is 4.47. The minimum absolute atomic E-state index is 0.296. The Morgan fingerprint density at radius 3 is 2.75 bits per heavy atom. The lowest BCUT2D eigenvalue weighted by Crippen LogP contribution is -2.21.